The van der Waals surface area contributed by atoms with Gasteiger partial charge < -0.3 is 5.11 Å². The molecule has 1 heterocycles. The highest BCUT2D eigenvalue weighted by Gasteiger charge is 2.40. The monoisotopic (exact) mass is 178 g/mol. The van der Waals surface area contributed by atoms with Crippen LogP contribution in [0.25, 0.3) is 0 Å². The SMILES string of the molecule is CCC(CO)C1CCS1(=O)=O. The van der Waals surface area contributed by atoms with Crippen molar-refractivity contribution >= 4 is 9.84 Å². The first-order valence-corrected chi connectivity index (χ1v) is 5.65. The van der Waals surface area contributed by atoms with Crippen LogP contribution >= 0.6 is 0 Å². The molecular weight excluding hydrogens is 164 g/mol. The third-order valence-corrected chi connectivity index (χ3v) is 4.78. The summed E-state index contributed by atoms with van der Waals surface area (Å²) >= 11 is 0. The minimum Gasteiger partial charge on any atom is -0.396 e. The van der Waals surface area contributed by atoms with Crippen molar-refractivity contribution in [2.75, 3.05) is 12.4 Å². The quantitative estimate of drug-likeness (QED) is 0.671. The molecule has 0 bridgehead atoms. The minimum atomic E-state index is -2.81. The van der Waals surface area contributed by atoms with E-state index in [0.29, 0.717) is 5.75 Å². The topological polar surface area (TPSA) is 54.4 Å². The fourth-order valence-corrected chi connectivity index (χ4v) is 3.24. The van der Waals surface area contributed by atoms with Crippen molar-refractivity contribution in [1.29, 1.82) is 0 Å². The first-order valence-electron chi connectivity index (χ1n) is 3.94. The molecule has 0 aromatic rings. The summed E-state index contributed by atoms with van der Waals surface area (Å²) < 4.78 is 22.1. The summed E-state index contributed by atoms with van der Waals surface area (Å²) in [5, 5.41) is 8.58. The molecule has 0 aromatic carbocycles. The van der Waals surface area contributed by atoms with Crippen LogP contribution in [0.1, 0.15) is 19.8 Å². The highest BCUT2D eigenvalue weighted by molar-refractivity contribution is 7.93. The van der Waals surface area contributed by atoms with Crippen molar-refractivity contribution in [2.24, 2.45) is 5.92 Å². The van der Waals surface area contributed by atoms with Crippen molar-refractivity contribution < 1.29 is 13.5 Å². The van der Waals surface area contributed by atoms with E-state index in [1.54, 1.807) is 0 Å². The molecule has 0 spiro atoms. The number of rotatable bonds is 3. The Kier molecular flexibility index (Phi) is 2.54. The Morgan fingerprint density at radius 1 is 1.64 bits per heavy atom. The molecule has 2 atom stereocenters. The number of aliphatic hydroxyl groups excluding tert-OH is 1. The first-order chi connectivity index (χ1) is 5.11. The Morgan fingerprint density at radius 3 is 2.36 bits per heavy atom. The lowest BCUT2D eigenvalue weighted by Crippen LogP contribution is -2.43. The minimum absolute atomic E-state index is 0.000394. The summed E-state index contributed by atoms with van der Waals surface area (Å²) in [5.74, 6) is 0.280. The second-order valence-corrected chi connectivity index (χ2v) is 5.38. The predicted molar refractivity (Wildman–Crippen MR) is 43.1 cm³/mol. The van der Waals surface area contributed by atoms with Gasteiger partial charge in [-0.1, -0.05) is 6.92 Å². The summed E-state index contributed by atoms with van der Waals surface area (Å²) in [4.78, 5) is 0. The van der Waals surface area contributed by atoms with E-state index < -0.39 is 9.84 Å². The molecule has 1 rings (SSSR count). The van der Waals surface area contributed by atoms with E-state index >= 15 is 0 Å². The van der Waals surface area contributed by atoms with Crippen LogP contribution in [0.2, 0.25) is 0 Å². The normalized spacial score (nSPS) is 30.9. The van der Waals surface area contributed by atoms with E-state index in [-0.39, 0.29) is 17.8 Å². The molecule has 0 saturated carbocycles. The summed E-state index contributed by atoms with van der Waals surface area (Å²) in [7, 11) is -2.81. The van der Waals surface area contributed by atoms with E-state index in [1.165, 1.54) is 0 Å². The van der Waals surface area contributed by atoms with Gasteiger partial charge in [-0.05, 0) is 18.8 Å². The van der Waals surface area contributed by atoms with Gasteiger partial charge in [0.2, 0.25) is 0 Å². The lowest BCUT2D eigenvalue weighted by atomic mass is 10.0. The second-order valence-electron chi connectivity index (χ2n) is 3.05. The van der Waals surface area contributed by atoms with Gasteiger partial charge in [0.05, 0.1) is 11.0 Å². The van der Waals surface area contributed by atoms with Gasteiger partial charge >= 0.3 is 0 Å². The van der Waals surface area contributed by atoms with Gasteiger partial charge in [-0.3, -0.25) is 0 Å². The maximum atomic E-state index is 11.1. The summed E-state index contributed by atoms with van der Waals surface area (Å²) in [5.41, 5.74) is 0. The van der Waals surface area contributed by atoms with Crippen LogP contribution in [0, 0.1) is 5.92 Å². The van der Waals surface area contributed by atoms with Crippen molar-refractivity contribution in [2.45, 2.75) is 25.0 Å². The maximum absolute atomic E-state index is 11.1. The Morgan fingerprint density at radius 2 is 2.27 bits per heavy atom. The van der Waals surface area contributed by atoms with Gasteiger partial charge in [-0.15, -0.1) is 0 Å². The summed E-state index contributed by atoms with van der Waals surface area (Å²) in [6.07, 6.45) is 1.49. The smallest absolute Gasteiger partial charge is 0.153 e. The standard InChI is InChI=1S/C7H14O3S/c1-2-6(5-8)7-3-4-11(7,9)10/h6-8H,2-5H2,1H3. The second kappa shape index (κ2) is 3.11. The first kappa shape index (κ1) is 9.00. The van der Waals surface area contributed by atoms with E-state index in [9.17, 15) is 8.42 Å². The molecule has 1 fully saturated rings. The van der Waals surface area contributed by atoms with E-state index in [0.717, 1.165) is 12.8 Å². The largest absolute Gasteiger partial charge is 0.396 e. The Hall–Kier alpha value is -0.0900. The van der Waals surface area contributed by atoms with Crippen LogP contribution in [0.5, 0.6) is 0 Å². The van der Waals surface area contributed by atoms with Crippen LogP contribution in [0.15, 0.2) is 0 Å². The fraction of sp³-hybridized carbons (Fsp3) is 1.00. The molecule has 1 N–H and O–H groups in total. The molecule has 3 nitrogen and oxygen atoms in total. The average molecular weight is 178 g/mol. The molecule has 11 heavy (non-hydrogen) atoms. The Labute approximate surface area is 67.3 Å². The van der Waals surface area contributed by atoms with Gasteiger partial charge in [0, 0.05) is 6.61 Å². The van der Waals surface area contributed by atoms with Crippen LogP contribution in [0.3, 0.4) is 0 Å². The zero-order valence-corrected chi connectivity index (χ0v) is 7.47. The lowest BCUT2D eigenvalue weighted by molar-refractivity contribution is 0.211. The van der Waals surface area contributed by atoms with Crippen molar-refractivity contribution in [1.82, 2.24) is 0 Å². The van der Waals surface area contributed by atoms with Crippen LogP contribution in [-0.4, -0.2) is 31.1 Å². The van der Waals surface area contributed by atoms with Crippen LogP contribution in [0.4, 0.5) is 0 Å². The highest BCUT2D eigenvalue weighted by atomic mass is 32.2. The third-order valence-electron chi connectivity index (χ3n) is 2.43. The lowest BCUT2D eigenvalue weighted by Gasteiger charge is -2.31. The van der Waals surface area contributed by atoms with Crippen LogP contribution < -0.4 is 0 Å². The molecule has 1 aliphatic heterocycles. The van der Waals surface area contributed by atoms with Gasteiger partial charge in [0.1, 0.15) is 0 Å². The molecule has 0 radical (unpaired) electrons. The molecule has 4 heteroatoms. The van der Waals surface area contributed by atoms with Crippen molar-refractivity contribution in [3.8, 4) is 0 Å². The molecule has 0 aromatic heterocycles. The molecule has 0 aliphatic carbocycles. The molecule has 1 aliphatic rings. The predicted octanol–water partition coefficient (Wildman–Crippen LogP) is 0.192. The van der Waals surface area contributed by atoms with Gasteiger partial charge in [0.25, 0.3) is 0 Å². The third kappa shape index (κ3) is 1.56. The molecule has 0 amide bonds. The summed E-state index contributed by atoms with van der Waals surface area (Å²) in [6.45, 7) is 1.91. The maximum Gasteiger partial charge on any atom is 0.153 e. The molecule has 1 saturated heterocycles. The Bertz CT molecular complexity index is 216. The number of hydrogen-bond acceptors (Lipinski definition) is 3. The zero-order valence-electron chi connectivity index (χ0n) is 6.66. The molecule has 66 valence electrons. The highest BCUT2D eigenvalue weighted by Crippen LogP contribution is 2.29. The Balaban J connectivity index is 2.61. The van der Waals surface area contributed by atoms with Crippen molar-refractivity contribution in [3.63, 3.8) is 0 Å². The fourth-order valence-electron chi connectivity index (χ4n) is 1.48. The molecule has 2 unspecified atom stereocenters. The van der Waals surface area contributed by atoms with Gasteiger partial charge in [0.15, 0.2) is 9.84 Å². The number of sulfone groups is 1. The van der Waals surface area contributed by atoms with Crippen molar-refractivity contribution in [3.05, 3.63) is 0 Å². The van der Waals surface area contributed by atoms with E-state index in [1.807, 2.05) is 6.92 Å². The summed E-state index contributed by atoms with van der Waals surface area (Å²) in [6, 6.07) is 0. The number of aliphatic hydroxyl groups is 1. The number of hydrogen-bond donors (Lipinski definition) is 1. The van der Waals surface area contributed by atoms with E-state index in [4.69, 9.17) is 5.11 Å². The zero-order chi connectivity index (χ0) is 8.48. The average Bonchev–Trinajstić information content (AvgIpc) is 1.98. The molecular formula is C7H14O3S. The van der Waals surface area contributed by atoms with Crippen LogP contribution in [-0.2, 0) is 9.84 Å². The van der Waals surface area contributed by atoms with Gasteiger partial charge in [-0.25, -0.2) is 8.42 Å². The van der Waals surface area contributed by atoms with Gasteiger partial charge in [-0.2, -0.15) is 0 Å². The van der Waals surface area contributed by atoms with E-state index in [2.05, 4.69) is 0 Å².